The molecule has 0 amide bonds. The van der Waals surface area contributed by atoms with Gasteiger partial charge in [0.05, 0.1) is 6.10 Å². The van der Waals surface area contributed by atoms with E-state index in [1.165, 1.54) is 45.6 Å². The molecule has 2 aliphatic rings. The molecular formula is C12H24N2O. The van der Waals surface area contributed by atoms with Gasteiger partial charge in [-0.25, -0.2) is 0 Å². The topological polar surface area (TPSA) is 26.7 Å². The van der Waals surface area contributed by atoms with Crippen LogP contribution in [0, 0.1) is 0 Å². The standard InChI is InChI=1S/C12H24N2O/c1-2-5-13-6-8-14(9-7-13)11-3-4-12(15)10-11/h11-12,15H,2-10H2,1H3. The van der Waals surface area contributed by atoms with E-state index >= 15 is 0 Å². The van der Waals surface area contributed by atoms with Crippen LogP contribution in [0.3, 0.4) is 0 Å². The first-order chi connectivity index (χ1) is 7.29. The predicted octanol–water partition coefficient (Wildman–Crippen LogP) is 0.927. The summed E-state index contributed by atoms with van der Waals surface area (Å²) in [6.07, 6.45) is 4.47. The molecule has 2 atom stereocenters. The number of hydrogen-bond acceptors (Lipinski definition) is 3. The largest absolute Gasteiger partial charge is 0.393 e. The lowest BCUT2D eigenvalue weighted by Crippen LogP contribution is -2.49. The van der Waals surface area contributed by atoms with Crippen LogP contribution in [-0.4, -0.2) is 59.8 Å². The maximum Gasteiger partial charge on any atom is 0.0555 e. The molecule has 2 unspecified atom stereocenters. The van der Waals surface area contributed by atoms with Gasteiger partial charge in [-0.3, -0.25) is 4.90 Å². The van der Waals surface area contributed by atoms with Gasteiger partial charge in [0.15, 0.2) is 0 Å². The zero-order chi connectivity index (χ0) is 10.7. The van der Waals surface area contributed by atoms with Crippen molar-refractivity contribution in [2.24, 2.45) is 0 Å². The Balaban J connectivity index is 1.73. The van der Waals surface area contributed by atoms with Crippen LogP contribution in [0.2, 0.25) is 0 Å². The van der Waals surface area contributed by atoms with Crippen LogP contribution in [0.1, 0.15) is 32.6 Å². The number of rotatable bonds is 3. The minimum Gasteiger partial charge on any atom is -0.393 e. The molecule has 0 aromatic heterocycles. The van der Waals surface area contributed by atoms with Crippen molar-refractivity contribution in [2.75, 3.05) is 32.7 Å². The van der Waals surface area contributed by atoms with Crippen LogP contribution in [0.15, 0.2) is 0 Å². The highest BCUT2D eigenvalue weighted by molar-refractivity contribution is 4.85. The summed E-state index contributed by atoms with van der Waals surface area (Å²) in [5.74, 6) is 0. The summed E-state index contributed by atoms with van der Waals surface area (Å²) in [7, 11) is 0. The van der Waals surface area contributed by atoms with Gasteiger partial charge in [-0.05, 0) is 32.2 Å². The van der Waals surface area contributed by atoms with Crippen LogP contribution in [0.5, 0.6) is 0 Å². The van der Waals surface area contributed by atoms with Gasteiger partial charge in [0.2, 0.25) is 0 Å². The third-order valence-electron chi connectivity index (χ3n) is 3.84. The minimum atomic E-state index is -0.0244. The fraction of sp³-hybridized carbons (Fsp3) is 1.00. The number of nitrogens with zero attached hydrogens (tertiary/aromatic N) is 2. The quantitative estimate of drug-likeness (QED) is 0.754. The predicted molar refractivity (Wildman–Crippen MR) is 61.9 cm³/mol. The molecule has 1 saturated carbocycles. The molecule has 2 fully saturated rings. The number of piperazine rings is 1. The molecule has 1 aliphatic heterocycles. The van der Waals surface area contributed by atoms with Crippen LogP contribution >= 0.6 is 0 Å². The highest BCUT2D eigenvalue weighted by atomic mass is 16.3. The second-order valence-corrected chi connectivity index (χ2v) is 5.00. The third kappa shape index (κ3) is 2.92. The first-order valence-electron chi connectivity index (χ1n) is 6.44. The van der Waals surface area contributed by atoms with Gasteiger partial charge in [0, 0.05) is 32.2 Å². The van der Waals surface area contributed by atoms with Crippen LogP contribution in [-0.2, 0) is 0 Å². The van der Waals surface area contributed by atoms with E-state index < -0.39 is 0 Å². The molecule has 3 heteroatoms. The van der Waals surface area contributed by atoms with Gasteiger partial charge in [-0.15, -0.1) is 0 Å². The Hall–Kier alpha value is -0.120. The van der Waals surface area contributed by atoms with E-state index in [0.29, 0.717) is 6.04 Å². The average Bonchev–Trinajstić information content (AvgIpc) is 2.67. The summed E-state index contributed by atoms with van der Waals surface area (Å²) < 4.78 is 0. The van der Waals surface area contributed by atoms with Crippen LogP contribution in [0.25, 0.3) is 0 Å². The Labute approximate surface area is 93.1 Å². The van der Waals surface area contributed by atoms with E-state index in [1.807, 2.05) is 0 Å². The van der Waals surface area contributed by atoms with Crippen molar-refractivity contribution in [3.63, 3.8) is 0 Å². The van der Waals surface area contributed by atoms with Gasteiger partial charge >= 0.3 is 0 Å². The Morgan fingerprint density at radius 2 is 1.87 bits per heavy atom. The monoisotopic (exact) mass is 212 g/mol. The summed E-state index contributed by atoms with van der Waals surface area (Å²) in [4.78, 5) is 5.14. The molecule has 3 nitrogen and oxygen atoms in total. The molecule has 1 N–H and O–H groups in total. The van der Waals surface area contributed by atoms with Crippen molar-refractivity contribution in [3.8, 4) is 0 Å². The molecule has 0 radical (unpaired) electrons. The van der Waals surface area contributed by atoms with Crippen molar-refractivity contribution < 1.29 is 5.11 Å². The summed E-state index contributed by atoms with van der Waals surface area (Å²) in [5, 5.41) is 9.53. The van der Waals surface area contributed by atoms with Crippen LogP contribution in [0.4, 0.5) is 0 Å². The average molecular weight is 212 g/mol. The zero-order valence-electron chi connectivity index (χ0n) is 9.86. The highest BCUT2D eigenvalue weighted by Crippen LogP contribution is 2.24. The minimum absolute atomic E-state index is 0.0244. The van der Waals surface area contributed by atoms with Crippen LogP contribution < -0.4 is 0 Å². The lowest BCUT2D eigenvalue weighted by atomic mass is 10.1. The Morgan fingerprint density at radius 1 is 1.13 bits per heavy atom. The summed E-state index contributed by atoms with van der Waals surface area (Å²) in [6.45, 7) is 8.36. The Morgan fingerprint density at radius 3 is 2.40 bits per heavy atom. The summed E-state index contributed by atoms with van der Waals surface area (Å²) in [5.41, 5.74) is 0. The summed E-state index contributed by atoms with van der Waals surface area (Å²) >= 11 is 0. The maximum absolute atomic E-state index is 9.53. The van der Waals surface area contributed by atoms with E-state index in [2.05, 4.69) is 16.7 Å². The molecule has 1 saturated heterocycles. The van der Waals surface area contributed by atoms with E-state index in [-0.39, 0.29) is 6.10 Å². The van der Waals surface area contributed by atoms with E-state index in [1.54, 1.807) is 0 Å². The molecular weight excluding hydrogens is 188 g/mol. The number of hydrogen-bond donors (Lipinski definition) is 1. The van der Waals surface area contributed by atoms with E-state index in [4.69, 9.17) is 0 Å². The molecule has 15 heavy (non-hydrogen) atoms. The lowest BCUT2D eigenvalue weighted by Gasteiger charge is -2.37. The van der Waals surface area contributed by atoms with Gasteiger partial charge in [0.25, 0.3) is 0 Å². The number of aliphatic hydroxyl groups excluding tert-OH is 1. The first-order valence-corrected chi connectivity index (χ1v) is 6.44. The fourth-order valence-corrected chi connectivity index (χ4v) is 2.93. The fourth-order valence-electron chi connectivity index (χ4n) is 2.93. The Bertz CT molecular complexity index is 190. The zero-order valence-corrected chi connectivity index (χ0v) is 9.86. The molecule has 0 bridgehead atoms. The van der Waals surface area contributed by atoms with Crippen molar-refractivity contribution in [1.29, 1.82) is 0 Å². The Kier molecular flexibility index (Phi) is 4.00. The van der Waals surface area contributed by atoms with Crippen molar-refractivity contribution in [2.45, 2.75) is 44.8 Å². The third-order valence-corrected chi connectivity index (χ3v) is 3.84. The second-order valence-electron chi connectivity index (χ2n) is 5.00. The molecule has 0 aromatic rings. The van der Waals surface area contributed by atoms with Gasteiger partial charge in [-0.1, -0.05) is 6.92 Å². The molecule has 1 heterocycles. The first kappa shape index (κ1) is 11.4. The summed E-state index contributed by atoms with van der Waals surface area (Å²) in [6, 6.07) is 0.670. The highest BCUT2D eigenvalue weighted by Gasteiger charge is 2.29. The van der Waals surface area contributed by atoms with Crippen molar-refractivity contribution in [1.82, 2.24) is 9.80 Å². The molecule has 1 aliphatic carbocycles. The van der Waals surface area contributed by atoms with Gasteiger partial charge < -0.3 is 10.0 Å². The molecule has 2 rings (SSSR count). The molecule has 0 spiro atoms. The SMILES string of the molecule is CCCN1CCN(C2CCC(O)C2)CC1. The van der Waals surface area contributed by atoms with Crippen molar-refractivity contribution in [3.05, 3.63) is 0 Å². The van der Waals surface area contributed by atoms with E-state index in [0.717, 1.165) is 12.8 Å². The lowest BCUT2D eigenvalue weighted by molar-refractivity contribution is 0.0890. The molecule has 0 aromatic carbocycles. The van der Waals surface area contributed by atoms with E-state index in [9.17, 15) is 5.11 Å². The number of aliphatic hydroxyl groups is 1. The smallest absolute Gasteiger partial charge is 0.0555 e. The molecule has 88 valence electrons. The second kappa shape index (κ2) is 5.28. The maximum atomic E-state index is 9.53. The normalized spacial score (nSPS) is 34.8. The van der Waals surface area contributed by atoms with Crippen molar-refractivity contribution >= 4 is 0 Å². The van der Waals surface area contributed by atoms with Gasteiger partial charge in [-0.2, -0.15) is 0 Å². The van der Waals surface area contributed by atoms with Gasteiger partial charge in [0.1, 0.15) is 0 Å².